The van der Waals surface area contributed by atoms with E-state index in [-0.39, 0.29) is 17.5 Å². The molecule has 3 N–H and O–H groups in total. The standard InChI is InChI=1S/C29H34N4O5/c30-27(35)25-19-32(20-31-25)18-22(34)12-9-11-21-10-3-6-15-26(21)38-17-8-2-1-7-16-33-28(36)23-13-4-5-14-24(23)29(33)37/h3-6,10,13-15,19-20,22,34H,1-2,7-9,11-12,16-18H2,(H2,30,35)/t22-/m0/s1. The molecule has 1 aliphatic heterocycles. The van der Waals surface area contributed by atoms with Gasteiger partial charge in [-0.3, -0.25) is 19.3 Å². The molecule has 9 nitrogen and oxygen atoms in total. The zero-order valence-corrected chi connectivity index (χ0v) is 21.4. The molecule has 0 bridgehead atoms. The fourth-order valence-corrected chi connectivity index (χ4v) is 4.65. The maximum Gasteiger partial charge on any atom is 0.268 e. The Morgan fingerprint density at radius 2 is 1.63 bits per heavy atom. The molecule has 0 unspecified atom stereocenters. The zero-order chi connectivity index (χ0) is 26.9. The number of aromatic nitrogens is 2. The van der Waals surface area contributed by atoms with Gasteiger partial charge in [-0.2, -0.15) is 0 Å². The third kappa shape index (κ3) is 6.86. The predicted octanol–water partition coefficient (Wildman–Crippen LogP) is 3.60. The number of hydrogen-bond acceptors (Lipinski definition) is 6. The minimum Gasteiger partial charge on any atom is -0.493 e. The van der Waals surface area contributed by atoms with Crippen molar-refractivity contribution in [1.29, 1.82) is 0 Å². The Hall–Kier alpha value is -3.98. The van der Waals surface area contributed by atoms with E-state index in [4.69, 9.17) is 10.5 Å². The number of para-hydroxylation sites is 1. The number of rotatable bonds is 15. The van der Waals surface area contributed by atoms with Crippen molar-refractivity contribution in [1.82, 2.24) is 14.5 Å². The smallest absolute Gasteiger partial charge is 0.268 e. The predicted molar refractivity (Wildman–Crippen MR) is 142 cm³/mol. The number of benzene rings is 2. The number of aliphatic hydroxyl groups excluding tert-OH is 1. The van der Waals surface area contributed by atoms with Crippen molar-refractivity contribution in [2.45, 2.75) is 57.6 Å². The Morgan fingerprint density at radius 1 is 0.947 bits per heavy atom. The minimum absolute atomic E-state index is 0.186. The first-order valence-electron chi connectivity index (χ1n) is 13.1. The molecule has 0 saturated heterocycles. The molecule has 0 spiro atoms. The summed E-state index contributed by atoms with van der Waals surface area (Å²) in [5.41, 5.74) is 7.49. The van der Waals surface area contributed by atoms with Gasteiger partial charge in [0, 0.05) is 19.3 Å². The Labute approximate surface area is 222 Å². The number of imide groups is 1. The van der Waals surface area contributed by atoms with E-state index >= 15 is 0 Å². The first kappa shape index (κ1) is 27.1. The molecule has 2 aromatic carbocycles. The van der Waals surface area contributed by atoms with Crippen LogP contribution in [0.2, 0.25) is 0 Å². The van der Waals surface area contributed by atoms with Crippen molar-refractivity contribution in [3.63, 3.8) is 0 Å². The van der Waals surface area contributed by atoms with Crippen LogP contribution in [-0.4, -0.2) is 56.5 Å². The quantitative estimate of drug-likeness (QED) is 0.234. The van der Waals surface area contributed by atoms with Gasteiger partial charge >= 0.3 is 0 Å². The van der Waals surface area contributed by atoms with Gasteiger partial charge < -0.3 is 20.1 Å². The molecule has 200 valence electrons. The molecule has 38 heavy (non-hydrogen) atoms. The van der Waals surface area contributed by atoms with Crippen molar-refractivity contribution >= 4 is 17.7 Å². The summed E-state index contributed by atoms with van der Waals surface area (Å²) in [5, 5.41) is 10.3. The fraction of sp³-hybridized carbons (Fsp3) is 0.379. The molecule has 2 heterocycles. The summed E-state index contributed by atoms with van der Waals surface area (Å²) >= 11 is 0. The minimum atomic E-state index is -0.587. The van der Waals surface area contributed by atoms with Gasteiger partial charge in [0.2, 0.25) is 0 Å². The van der Waals surface area contributed by atoms with E-state index in [9.17, 15) is 19.5 Å². The number of ether oxygens (including phenoxy) is 1. The Balaban J connectivity index is 1.11. The van der Waals surface area contributed by atoms with Crippen LogP contribution in [0.4, 0.5) is 0 Å². The number of primary amides is 1. The molecule has 0 radical (unpaired) electrons. The van der Waals surface area contributed by atoms with Crippen molar-refractivity contribution in [3.8, 4) is 5.75 Å². The van der Waals surface area contributed by atoms with Crippen LogP contribution in [0.5, 0.6) is 5.75 Å². The lowest BCUT2D eigenvalue weighted by molar-refractivity contribution is 0.0651. The number of fused-ring (bicyclic) bond motifs is 1. The second kappa shape index (κ2) is 13.0. The number of nitrogens with two attached hydrogens (primary N) is 1. The number of hydrogen-bond donors (Lipinski definition) is 2. The highest BCUT2D eigenvalue weighted by molar-refractivity contribution is 6.21. The third-order valence-electron chi connectivity index (χ3n) is 6.68. The highest BCUT2D eigenvalue weighted by Crippen LogP contribution is 2.23. The summed E-state index contributed by atoms with van der Waals surface area (Å²) in [6.07, 6.45) is 8.17. The first-order chi connectivity index (χ1) is 18.4. The van der Waals surface area contributed by atoms with Gasteiger partial charge in [0.15, 0.2) is 0 Å². The monoisotopic (exact) mass is 518 g/mol. The molecule has 3 aromatic rings. The molecule has 1 atom stereocenters. The Bertz CT molecular complexity index is 1240. The molecular weight excluding hydrogens is 484 g/mol. The maximum absolute atomic E-state index is 12.4. The van der Waals surface area contributed by atoms with Crippen LogP contribution >= 0.6 is 0 Å². The van der Waals surface area contributed by atoms with Crippen LogP contribution in [0.15, 0.2) is 61.1 Å². The molecule has 4 rings (SSSR count). The molecule has 1 aliphatic rings. The summed E-state index contributed by atoms with van der Waals surface area (Å²) < 4.78 is 7.70. The maximum atomic E-state index is 12.4. The molecule has 0 fully saturated rings. The number of carbonyl (C=O) groups excluding carboxylic acids is 3. The van der Waals surface area contributed by atoms with Gasteiger partial charge in [-0.1, -0.05) is 43.2 Å². The van der Waals surface area contributed by atoms with Gasteiger partial charge in [0.05, 0.1) is 30.2 Å². The highest BCUT2D eigenvalue weighted by atomic mass is 16.5. The molecule has 9 heteroatoms. The largest absolute Gasteiger partial charge is 0.493 e. The van der Waals surface area contributed by atoms with Gasteiger partial charge in [0.1, 0.15) is 11.4 Å². The van der Waals surface area contributed by atoms with E-state index in [0.29, 0.717) is 37.2 Å². The van der Waals surface area contributed by atoms with E-state index in [1.54, 1.807) is 35.0 Å². The lowest BCUT2D eigenvalue weighted by Gasteiger charge is -2.14. The Kier molecular flexibility index (Phi) is 9.26. The molecule has 3 amide bonds. The zero-order valence-electron chi connectivity index (χ0n) is 21.4. The summed E-state index contributed by atoms with van der Waals surface area (Å²) in [7, 11) is 0. The van der Waals surface area contributed by atoms with Crippen molar-refractivity contribution in [2.24, 2.45) is 5.73 Å². The van der Waals surface area contributed by atoms with Crippen molar-refractivity contribution < 1.29 is 24.2 Å². The Morgan fingerprint density at radius 3 is 2.34 bits per heavy atom. The lowest BCUT2D eigenvalue weighted by atomic mass is 10.0. The molecular formula is C29H34N4O5. The van der Waals surface area contributed by atoms with E-state index in [2.05, 4.69) is 4.98 Å². The number of imidazole rings is 1. The summed E-state index contributed by atoms with van der Waals surface area (Å²) in [6, 6.07) is 14.9. The van der Waals surface area contributed by atoms with Gasteiger partial charge in [0.25, 0.3) is 17.7 Å². The first-order valence-corrected chi connectivity index (χ1v) is 13.1. The molecule has 0 aliphatic carbocycles. The summed E-state index contributed by atoms with van der Waals surface area (Å²) in [5.74, 6) is -0.126. The van der Waals surface area contributed by atoms with Crippen LogP contribution in [0.1, 0.15) is 75.3 Å². The number of aryl methyl sites for hydroxylation is 1. The summed E-state index contributed by atoms with van der Waals surface area (Å²) in [6.45, 7) is 1.38. The normalized spacial score (nSPS) is 13.6. The average Bonchev–Trinajstić information content (AvgIpc) is 3.47. The van der Waals surface area contributed by atoms with Crippen LogP contribution in [-0.2, 0) is 13.0 Å². The lowest BCUT2D eigenvalue weighted by Crippen LogP contribution is -2.30. The second-order valence-corrected chi connectivity index (χ2v) is 9.54. The number of unbranched alkanes of at least 4 members (excludes halogenated alkanes) is 3. The topological polar surface area (TPSA) is 128 Å². The van der Waals surface area contributed by atoms with Gasteiger partial charge in [-0.05, 0) is 55.9 Å². The van der Waals surface area contributed by atoms with Gasteiger partial charge in [-0.25, -0.2) is 4.98 Å². The fourth-order valence-electron chi connectivity index (χ4n) is 4.65. The summed E-state index contributed by atoms with van der Waals surface area (Å²) in [4.78, 5) is 41.3. The molecule has 1 aromatic heterocycles. The number of nitrogens with zero attached hydrogens (tertiary/aromatic N) is 3. The van der Waals surface area contributed by atoms with Crippen LogP contribution in [0.3, 0.4) is 0 Å². The number of carbonyl (C=O) groups is 3. The van der Waals surface area contributed by atoms with Crippen LogP contribution in [0.25, 0.3) is 0 Å². The third-order valence-corrected chi connectivity index (χ3v) is 6.68. The average molecular weight is 519 g/mol. The SMILES string of the molecule is NC(=O)c1cn(C[C@@H](O)CCCc2ccccc2OCCCCCCN2C(=O)c3ccccc3C2=O)cn1. The van der Waals surface area contributed by atoms with E-state index in [1.807, 2.05) is 24.3 Å². The number of aliphatic hydroxyl groups is 1. The van der Waals surface area contributed by atoms with Gasteiger partial charge in [-0.15, -0.1) is 0 Å². The van der Waals surface area contributed by atoms with E-state index in [1.165, 1.54) is 11.2 Å². The highest BCUT2D eigenvalue weighted by Gasteiger charge is 2.34. The van der Waals surface area contributed by atoms with E-state index in [0.717, 1.165) is 49.8 Å². The van der Waals surface area contributed by atoms with Crippen LogP contribution < -0.4 is 10.5 Å². The second-order valence-electron chi connectivity index (χ2n) is 9.54. The number of amides is 3. The van der Waals surface area contributed by atoms with Crippen molar-refractivity contribution in [2.75, 3.05) is 13.2 Å². The van der Waals surface area contributed by atoms with Crippen molar-refractivity contribution in [3.05, 3.63) is 83.4 Å². The van der Waals surface area contributed by atoms with Crippen LogP contribution in [0, 0.1) is 0 Å². The van der Waals surface area contributed by atoms with E-state index < -0.39 is 12.0 Å². The molecule has 0 saturated carbocycles.